The summed E-state index contributed by atoms with van der Waals surface area (Å²) in [6, 6.07) is 5.44. The molecule has 0 unspecified atom stereocenters. The van der Waals surface area contributed by atoms with E-state index < -0.39 is 9.84 Å². The topological polar surface area (TPSA) is 54.5 Å². The van der Waals surface area contributed by atoms with Gasteiger partial charge in [0.2, 0.25) is 0 Å². The molecule has 19 heavy (non-hydrogen) atoms. The second-order valence-electron chi connectivity index (χ2n) is 4.48. The van der Waals surface area contributed by atoms with Crippen molar-refractivity contribution in [1.29, 1.82) is 0 Å². The molecule has 0 saturated carbocycles. The molecule has 0 atom stereocenters. The smallest absolute Gasteiger partial charge is 0.253 e. The van der Waals surface area contributed by atoms with E-state index in [0.29, 0.717) is 5.56 Å². The second kappa shape index (κ2) is 6.52. The molecule has 0 radical (unpaired) electrons. The summed E-state index contributed by atoms with van der Waals surface area (Å²) in [4.78, 5) is 13.6. The molecule has 6 heteroatoms. The maximum Gasteiger partial charge on any atom is 0.253 e. The number of aryl methyl sites for hydroxylation is 1. The molecular formula is C13H18BrNO3S. The highest BCUT2D eigenvalue weighted by Gasteiger charge is 2.15. The van der Waals surface area contributed by atoms with Crippen molar-refractivity contribution in [2.75, 3.05) is 25.1 Å². The van der Waals surface area contributed by atoms with E-state index in [2.05, 4.69) is 15.9 Å². The van der Waals surface area contributed by atoms with Gasteiger partial charge in [-0.25, -0.2) is 8.42 Å². The van der Waals surface area contributed by atoms with Gasteiger partial charge < -0.3 is 4.90 Å². The molecule has 0 spiro atoms. The van der Waals surface area contributed by atoms with Crippen LogP contribution >= 0.6 is 15.9 Å². The lowest BCUT2D eigenvalue weighted by Gasteiger charge is -2.17. The number of carbonyl (C=O) groups excluding carboxylic acids is 1. The fourth-order valence-corrected chi connectivity index (χ4v) is 3.05. The van der Waals surface area contributed by atoms with Crippen molar-refractivity contribution < 1.29 is 13.2 Å². The Balaban J connectivity index is 2.77. The average Bonchev–Trinajstić information content (AvgIpc) is 2.34. The van der Waals surface area contributed by atoms with Crippen LogP contribution in [0.2, 0.25) is 0 Å². The quantitative estimate of drug-likeness (QED) is 0.820. The zero-order chi connectivity index (χ0) is 14.6. The highest BCUT2D eigenvalue weighted by Crippen LogP contribution is 2.16. The largest absolute Gasteiger partial charge is 0.341 e. The van der Waals surface area contributed by atoms with E-state index in [-0.39, 0.29) is 24.0 Å². The molecular weight excluding hydrogens is 330 g/mol. The summed E-state index contributed by atoms with van der Waals surface area (Å²) in [7, 11) is -1.43. The lowest BCUT2D eigenvalue weighted by Crippen LogP contribution is -2.32. The highest BCUT2D eigenvalue weighted by atomic mass is 79.9. The van der Waals surface area contributed by atoms with Crippen molar-refractivity contribution in [3.63, 3.8) is 0 Å². The SMILES string of the molecule is CCS(=O)(=O)CCN(C)C(=O)c1cc(C)cc(Br)c1. The van der Waals surface area contributed by atoms with Gasteiger partial charge in [-0.1, -0.05) is 22.9 Å². The third kappa shape index (κ3) is 4.95. The molecule has 1 aromatic rings. The first-order chi connectivity index (χ1) is 8.75. The van der Waals surface area contributed by atoms with Crippen LogP contribution in [0.1, 0.15) is 22.8 Å². The van der Waals surface area contributed by atoms with E-state index in [9.17, 15) is 13.2 Å². The predicted octanol–water partition coefficient (Wildman–Crippen LogP) is 2.26. The molecule has 0 aliphatic carbocycles. The molecule has 0 aliphatic heterocycles. The molecule has 1 aromatic carbocycles. The zero-order valence-electron chi connectivity index (χ0n) is 11.3. The zero-order valence-corrected chi connectivity index (χ0v) is 13.7. The molecule has 4 nitrogen and oxygen atoms in total. The number of halogens is 1. The van der Waals surface area contributed by atoms with Crippen molar-refractivity contribution >= 4 is 31.7 Å². The van der Waals surface area contributed by atoms with E-state index in [0.717, 1.165) is 10.0 Å². The van der Waals surface area contributed by atoms with Gasteiger partial charge in [-0.2, -0.15) is 0 Å². The molecule has 106 valence electrons. The van der Waals surface area contributed by atoms with Gasteiger partial charge in [0.1, 0.15) is 0 Å². The monoisotopic (exact) mass is 347 g/mol. The minimum absolute atomic E-state index is 0.00126. The third-order valence-electron chi connectivity index (χ3n) is 2.81. The van der Waals surface area contributed by atoms with Crippen LogP contribution in [0, 0.1) is 6.92 Å². The number of rotatable bonds is 5. The molecule has 0 heterocycles. The van der Waals surface area contributed by atoms with Crippen molar-refractivity contribution in [2.24, 2.45) is 0 Å². The molecule has 0 saturated heterocycles. The maximum atomic E-state index is 12.2. The Kier molecular flexibility index (Phi) is 5.55. The van der Waals surface area contributed by atoms with Crippen LogP contribution in [0.15, 0.2) is 22.7 Å². The minimum Gasteiger partial charge on any atom is -0.341 e. The van der Waals surface area contributed by atoms with Gasteiger partial charge in [-0.3, -0.25) is 4.79 Å². The van der Waals surface area contributed by atoms with Gasteiger partial charge >= 0.3 is 0 Å². The summed E-state index contributed by atoms with van der Waals surface area (Å²) in [6.07, 6.45) is 0. The summed E-state index contributed by atoms with van der Waals surface area (Å²) in [5.74, 6) is -0.0697. The van der Waals surface area contributed by atoms with Crippen molar-refractivity contribution in [3.8, 4) is 0 Å². The molecule has 0 aliphatic rings. The van der Waals surface area contributed by atoms with E-state index in [4.69, 9.17) is 0 Å². The van der Waals surface area contributed by atoms with Crippen LogP contribution < -0.4 is 0 Å². The number of hydrogen-bond donors (Lipinski definition) is 0. The second-order valence-corrected chi connectivity index (χ2v) is 7.87. The summed E-state index contributed by atoms with van der Waals surface area (Å²) in [5.41, 5.74) is 1.54. The van der Waals surface area contributed by atoms with Crippen molar-refractivity contribution in [2.45, 2.75) is 13.8 Å². The first-order valence-electron chi connectivity index (χ1n) is 5.98. The Hall–Kier alpha value is -0.880. The van der Waals surface area contributed by atoms with Crippen LogP contribution in [0.25, 0.3) is 0 Å². The minimum atomic E-state index is -3.05. The summed E-state index contributed by atoms with van der Waals surface area (Å²) < 4.78 is 23.7. The van der Waals surface area contributed by atoms with Crippen LogP contribution in [-0.4, -0.2) is 44.3 Å². The first-order valence-corrected chi connectivity index (χ1v) is 8.59. The Morgan fingerprint density at radius 3 is 2.47 bits per heavy atom. The average molecular weight is 348 g/mol. The van der Waals surface area contributed by atoms with E-state index >= 15 is 0 Å². The summed E-state index contributed by atoms with van der Waals surface area (Å²) in [6.45, 7) is 3.72. The molecule has 0 N–H and O–H groups in total. The fraction of sp³-hybridized carbons (Fsp3) is 0.462. The van der Waals surface area contributed by atoms with Crippen LogP contribution in [0.4, 0.5) is 0 Å². The predicted molar refractivity (Wildman–Crippen MR) is 80.2 cm³/mol. The Labute approximate surface area is 122 Å². The van der Waals surface area contributed by atoms with Gasteiger partial charge in [-0.15, -0.1) is 0 Å². The Morgan fingerprint density at radius 1 is 1.32 bits per heavy atom. The molecule has 1 rings (SSSR count). The molecule has 0 aromatic heterocycles. The Morgan fingerprint density at radius 2 is 1.95 bits per heavy atom. The van der Waals surface area contributed by atoms with Gasteiger partial charge in [-0.05, 0) is 30.7 Å². The molecule has 0 fully saturated rings. The number of hydrogen-bond acceptors (Lipinski definition) is 3. The van der Waals surface area contributed by atoms with Gasteiger partial charge in [0.15, 0.2) is 9.84 Å². The molecule has 1 amide bonds. The number of benzene rings is 1. The van der Waals surface area contributed by atoms with Gasteiger partial charge in [0.05, 0.1) is 5.75 Å². The van der Waals surface area contributed by atoms with Gasteiger partial charge in [0, 0.05) is 29.4 Å². The summed E-state index contributed by atoms with van der Waals surface area (Å²) >= 11 is 3.35. The van der Waals surface area contributed by atoms with E-state index in [1.165, 1.54) is 4.90 Å². The number of nitrogens with zero attached hydrogens (tertiary/aromatic N) is 1. The number of sulfone groups is 1. The maximum absolute atomic E-state index is 12.2. The number of amides is 1. The third-order valence-corrected chi connectivity index (χ3v) is 4.96. The van der Waals surface area contributed by atoms with E-state index in [1.54, 1.807) is 26.1 Å². The lowest BCUT2D eigenvalue weighted by molar-refractivity contribution is 0.0803. The standard InChI is InChI=1S/C13H18BrNO3S/c1-4-19(17,18)6-5-15(3)13(16)11-7-10(2)8-12(14)9-11/h7-9H,4-6H2,1-3H3. The lowest BCUT2D eigenvalue weighted by atomic mass is 10.1. The number of carbonyl (C=O) groups is 1. The van der Waals surface area contributed by atoms with E-state index in [1.807, 2.05) is 13.0 Å². The highest BCUT2D eigenvalue weighted by molar-refractivity contribution is 9.10. The first kappa shape index (κ1) is 16.2. The van der Waals surface area contributed by atoms with Gasteiger partial charge in [0.25, 0.3) is 5.91 Å². The molecule has 0 bridgehead atoms. The van der Waals surface area contributed by atoms with Crippen molar-refractivity contribution in [1.82, 2.24) is 4.90 Å². The van der Waals surface area contributed by atoms with Crippen LogP contribution in [0.3, 0.4) is 0 Å². The Bertz CT molecular complexity index is 549. The van der Waals surface area contributed by atoms with Crippen LogP contribution in [0.5, 0.6) is 0 Å². The fourth-order valence-electron chi connectivity index (χ4n) is 1.60. The normalized spacial score (nSPS) is 11.4. The van der Waals surface area contributed by atoms with Crippen molar-refractivity contribution in [3.05, 3.63) is 33.8 Å². The summed E-state index contributed by atoms with van der Waals surface area (Å²) in [5, 5.41) is 0. The van der Waals surface area contributed by atoms with Crippen LogP contribution in [-0.2, 0) is 9.84 Å².